The Hall–Kier alpha value is -0.690. The lowest BCUT2D eigenvalue weighted by molar-refractivity contribution is -0.540. The van der Waals surface area contributed by atoms with E-state index in [0.717, 1.165) is 25.7 Å². The molecule has 0 unspecified atom stereocenters. The van der Waals surface area contributed by atoms with Crippen molar-refractivity contribution in [3.05, 3.63) is 0 Å². The van der Waals surface area contributed by atoms with Gasteiger partial charge >= 0.3 is 5.97 Å². The normalized spacial score (nSPS) is 49.3. The van der Waals surface area contributed by atoms with Gasteiger partial charge in [0.25, 0.3) is 0 Å². The maximum absolute atomic E-state index is 12.4. The van der Waals surface area contributed by atoms with Gasteiger partial charge in [0.1, 0.15) is 11.7 Å². The lowest BCUT2D eigenvalue weighted by Crippen LogP contribution is -2.69. The fourth-order valence-electron chi connectivity index (χ4n) is 6.16. The molecule has 6 heteroatoms. The zero-order valence-electron chi connectivity index (χ0n) is 17.2. The highest BCUT2D eigenvalue weighted by Crippen LogP contribution is 2.61. The Morgan fingerprint density at radius 2 is 1.93 bits per heavy atom. The quantitative estimate of drug-likeness (QED) is 0.596. The average molecular weight is 382 g/mol. The van der Waals surface area contributed by atoms with E-state index in [1.165, 1.54) is 0 Å². The standard InChI is InChI=1S/C21H34O6/c1-12-6-7-15-13(2)16(24-18(22)11-19(3,4)23)10-17-21(15)14(12)8-9-20(5,25-17)26-27-21/h12-17,23H,6-11H2,1-5H3/t12-,13-,14+,15+,16+,17+,20-,21-/m1/s1. The zero-order valence-corrected chi connectivity index (χ0v) is 17.2. The van der Waals surface area contributed by atoms with Gasteiger partial charge in [-0.2, -0.15) is 0 Å². The van der Waals surface area contributed by atoms with Crippen molar-refractivity contribution in [1.29, 1.82) is 0 Å². The van der Waals surface area contributed by atoms with Gasteiger partial charge in [0.2, 0.25) is 0 Å². The van der Waals surface area contributed by atoms with Gasteiger partial charge in [-0.05, 0) is 57.8 Å². The first-order valence-electron chi connectivity index (χ1n) is 10.5. The van der Waals surface area contributed by atoms with Gasteiger partial charge in [0.05, 0.1) is 18.1 Å². The molecule has 2 saturated carbocycles. The van der Waals surface area contributed by atoms with Gasteiger partial charge in [-0.1, -0.05) is 13.8 Å². The van der Waals surface area contributed by atoms with Crippen LogP contribution < -0.4 is 0 Å². The van der Waals surface area contributed by atoms with E-state index in [4.69, 9.17) is 19.2 Å². The van der Waals surface area contributed by atoms with Gasteiger partial charge in [-0.25, -0.2) is 9.78 Å². The number of fused-ring (bicyclic) bond motifs is 2. The topological polar surface area (TPSA) is 74.2 Å². The monoisotopic (exact) mass is 382 g/mol. The minimum absolute atomic E-state index is 0.00542. The number of carbonyl (C=O) groups excluding carboxylic acids is 1. The van der Waals surface area contributed by atoms with E-state index < -0.39 is 17.0 Å². The molecule has 0 aromatic heterocycles. The van der Waals surface area contributed by atoms with Gasteiger partial charge in [-0.15, -0.1) is 0 Å². The third-order valence-electron chi connectivity index (χ3n) is 7.47. The van der Waals surface area contributed by atoms with Crippen molar-refractivity contribution < 1.29 is 29.1 Å². The van der Waals surface area contributed by atoms with Crippen molar-refractivity contribution in [3.8, 4) is 0 Å². The molecule has 3 heterocycles. The van der Waals surface area contributed by atoms with Crippen molar-refractivity contribution in [1.82, 2.24) is 0 Å². The second kappa shape index (κ2) is 6.41. The largest absolute Gasteiger partial charge is 0.462 e. The van der Waals surface area contributed by atoms with E-state index in [0.29, 0.717) is 18.3 Å². The van der Waals surface area contributed by atoms with Crippen LogP contribution in [-0.4, -0.2) is 40.3 Å². The summed E-state index contributed by atoms with van der Waals surface area (Å²) in [6, 6.07) is 0. The Balaban J connectivity index is 1.61. The maximum atomic E-state index is 12.4. The number of rotatable bonds is 3. The molecule has 154 valence electrons. The van der Waals surface area contributed by atoms with Crippen molar-refractivity contribution in [2.75, 3.05) is 0 Å². The minimum Gasteiger partial charge on any atom is -0.462 e. The molecule has 0 aromatic rings. The van der Waals surface area contributed by atoms with Gasteiger partial charge in [0, 0.05) is 18.8 Å². The SMILES string of the molecule is C[C@H]1[C@@H](OC(=O)CC(C)(C)O)C[C@@H]2O[C@@]3(C)CC[C@H]4[C@H](C)CC[C@@H]1[C@@]24OO3. The predicted octanol–water partition coefficient (Wildman–Crippen LogP) is 3.36. The molecule has 1 N–H and O–H groups in total. The lowest BCUT2D eigenvalue weighted by atomic mass is 9.53. The van der Waals surface area contributed by atoms with E-state index >= 15 is 0 Å². The Morgan fingerprint density at radius 3 is 2.63 bits per heavy atom. The molecule has 0 amide bonds. The molecular formula is C21H34O6. The molecule has 5 rings (SSSR count). The maximum Gasteiger partial charge on any atom is 0.308 e. The first-order chi connectivity index (χ1) is 12.5. The lowest BCUT2D eigenvalue weighted by Gasteiger charge is -2.60. The molecule has 0 aromatic carbocycles. The molecule has 5 fully saturated rings. The van der Waals surface area contributed by atoms with E-state index in [-0.39, 0.29) is 36.4 Å². The van der Waals surface area contributed by atoms with Crippen molar-refractivity contribution in [3.63, 3.8) is 0 Å². The van der Waals surface area contributed by atoms with E-state index in [9.17, 15) is 9.90 Å². The van der Waals surface area contributed by atoms with Crippen molar-refractivity contribution >= 4 is 5.97 Å². The summed E-state index contributed by atoms with van der Waals surface area (Å²) in [5.74, 6) is 0.300. The molecule has 8 atom stereocenters. The van der Waals surface area contributed by atoms with Crippen LogP contribution >= 0.6 is 0 Å². The molecule has 0 radical (unpaired) electrons. The highest BCUT2D eigenvalue weighted by Gasteiger charge is 2.68. The number of aliphatic hydroxyl groups is 1. The third-order valence-corrected chi connectivity index (χ3v) is 7.47. The molecule has 1 spiro atoms. The van der Waals surface area contributed by atoms with Crippen LogP contribution in [0, 0.1) is 23.7 Å². The molecule has 3 saturated heterocycles. The average Bonchev–Trinajstić information content (AvgIpc) is 2.77. The Bertz CT molecular complexity index is 600. The van der Waals surface area contributed by atoms with E-state index in [1.807, 2.05) is 6.92 Å². The molecule has 3 aliphatic heterocycles. The molecule has 6 nitrogen and oxygen atoms in total. The molecular weight excluding hydrogens is 348 g/mol. The smallest absolute Gasteiger partial charge is 0.308 e. The Labute approximate surface area is 161 Å². The van der Waals surface area contributed by atoms with Gasteiger partial charge in [-0.3, -0.25) is 4.79 Å². The van der Waals surface area contributed by atoms with E-state index in [1.54, 1.807) is 13.8 Å². The zero-order chi connectivity index (χ0) is 19.6. The third kappa shape index (κ3) is 3.22. The number of hydrogen-bond donors (Lipinski definition) is 1. The van der Waals surface area contributed by atoms with Crippen LogP contribution in [-0.2, 0) is 24.0 Å². The molecule has 2 bridgehead atoms. The summed E-state index contributed by atoms with van der Waals surface area (Å²) in [6.07, 6.45) is 4.31. The summed E-state index contributed by atoms with van der Waals surface area (Å²) in [4.78, 5) is 24.4. The Morgan fingerprint density at radius 1 is 1.19 bits per heavy atom. The molecule has 2 aliphatic carbocycles. The summed E-state index contributed by atoms with van der Waals surface area (Å²) in [7, 11) is 0. The predicted molar refractivity (Wildman–Crippen MR) is 97.4 cm³/mol. The number of carbonyl (C=O) groups is 1. The van der Waals surface area contributed by atoms with Crippen LogP contribution in [0.15, 0.2) is 0 Å². The second-order valence-electron chi connectivity index (χ2n) is 10.2. The fourth-order valence-corrected chi connectivity index (χ4v) is 6.16. The summed E-state index contributed by atoms with van der Waals surface area (Å²) in [5, 5.41) is 9.94. The van der Waals surface area contributed by atoms with Crippen molar-refractivity contribution in [2.45, 2.75) is 102 Å². The van der Waals surface area contributed by atoms with Crippen LogP contribution in [0.25, 0.3) is 0 Å². The summed E-state index contributed by atoms with van der Waals surface area (Å²) >= 11 is 0. The summed E-state index contributed by atoms with van der Waals surface area (Å²) < 4.78 is 12.3. The van der Waals surface area contributed by atoms with Crippen LogP contribution in [0.1, 0.15) is 73.1 Å². The minimum atomic E-state index is -1.07. The van der Waals surface area contributed by atoms with Crippen molar-refractivity contribution in [2.24, 2.45) is 23.7 Å². The highest BCUT2D eigenvalue weighted by molar-refractivity contribution is 5.70. The first-order valence-corrected chi connectivity index (χ1v) is 10.5. The van der Waals surface area contributed by atoms with E-state index in [2.05, 4.69) is 13.8 Å². The number of ether oxygens (including phenoxy) is 2. The van der Waals surface area contributed by atoms with Gasteiger partial charge in [0.15, 0.2) is 5.79 Å². The summed E-state index contributed by atoms with van der Waals surface area (Å²) in [5.41, 5.74) is -1.50. The van der Waals surface area contributed by atoms with Crippen LogP contribution in [0.3, 0.4) is 0 Å². The second-order valence-corrected chi connectivity index (χ2v) is 10.2. The van der Waals surface area contributed by atoms with Crippen LogP contribution in [0.5, 0.6) is 0 Å². The first kappa shape index (κ1) is 19.6. The van der Waals surface area contributed by atoms with Gasteiger partial charge < -0.3 is 14.6 Å². The molecule has 5 aliphatic rings. The van der Waals surface area contributed by atoms with Crippen LogP contribution in [0.2, 0.25) is 0 Å². The molecule has 27 heavy (non-hydrogen) atoms. The number of hydrogen-bond acceptors (Lipinski definition) is 6. The Kier molecular flexibility index (Phi) is 4.66. The summed E-state index contributed by atoms with van der Waals surface area (Å²) in [6.45, 7) is 9.67. The highest BCUT2D eigenvalue weighted by atomic mass is 17.3. The fraction of sp³-hybridized carbons (Fsp3) is 0.952. The van der Waals surface area contributed by atoms with Crippen LogP contribution in [0.4, 0.5) is 0 Å². The number of esters is 1.